The average Bonchev–Trinajstić information content (AvgIpc) is 2.61. The average molecular weight is 345 g/mol. The lowest BCUT2D eigenvalue weighted by molar-refractivity contribution is 0.102. The molecule has 2 aromatic rings. The summed E-state index contributed by atoms with van der Waals surface area (Å²) in [6, 6.07) is 7.08. The molecule has 0 atom stereocenters. The molecule has 0 aliphatic carbocycles. The smallest absolute Gasteiger partial charge is 0.257 e. The molecule has 0 saturated carbocycles. The van der Waals surface area contributed by atoms with Crippen molar-refractivity contribution in [1.29, 1.82) is 0 Å². The number of anilines is 2. The van der Waals surface area contributed by atoms with E-state index in [1.54, 1.807) is 24.4 Å². The Bertz CT molecular complexity index is 705. The molecule has 0 radical (unpaired) electrons. The van der Waals surface area contributed by atoms with Crippen LogP contribution in [0.2, 0.25) is 0 Å². The molecule has 0 aliphatic rings. The van der Waals surface area contributed by atoms with Crippen LogP contribution in [0, 0.1) is 0 Å². The Kier molecular flexibility index (Phi) is 6.05. The number of benzene rings is 1. The molecule has 0 fully saturated rings. The SMILES string of the molecule is COc1cc(C(=O)Nc2ccc(NC(C)C)cn2)cc(OC)c1OC. The Morgan fingerprint density at radius 1 is 1.04 bits per heavy atom. The van der Waals surface area contributed by atoms with Gasteiger partial charge in [0.05, 0.1) is 33.2 Å². The van der Waals surface area contributed by atoms with Crippen molar-refractivity contribution in [1.82, 2.24) is 4.98 Å². The maximum atomic E-state index is 12.5. The molecule has 134 valence electrons. The molecule has 1 heterocycles. The molecule has 7 heteroatoms. The molecule has 0 saturated heterocycles. The van der Waals surface area contributed by atoms with E-state index in [0.717, 1.165) is 5.69 Å². The number of aromatic nitrogens is 1. The van der Waals surface area contributed by atoms with Crippen LogP contribution in [0.15, 0.2) is 30.5 Å². The number of amides is 1. The van der Waals surface area contributed by atoms with E-state index in [1.165, 1.54) is 21.3 Å². The maximum absolute atomic E-state index is 12.5. The van der Waals surface area contributed by atoms with Crippen LogP contribution in [-0.4, -0.2) is 38.3 Å². The van der Waals surface area contributed by atoms with Gasteiger partial charge in [0, 0.05) is 11.6 Å². The maximum Gasteiger partial charge on any atom is 0.257 e. The van der Waals surface area contributed by atoms with Crippen molar-refractivity contribution in [3.8, 4) is 17.2 Å². The number of pyridine rings is 1. The van der Waals surface area contributed by atoms with Gasteiger partial charge in [0.25, 0.3) is 5.91 Å². The minimum absolute atomic E-state index is 0.307. The molecule has 25 heavy (non-hydrogen) atoms. The molecule has 0 bridgehead atoms. The van der Waals surface area contributed by atoms with Crippen molar-refractivity contribution < 1.29 is 19.0 Å². The summed E-state index contributed by atoms with van der Waals surface area (Å²) in [5, 5.41) is 5.99. The predicted octanol–water partition coefficient (Wildman–Crippen LogP) is 3.18. The van der Waals surface area contributed by atoms with E-state index < -0.39 is 0 Å². The number of nitrogens with one attached hydrogen (secondary N) is 2. The van der Waals surface area contributed by atoms with E-state index in [0.29, 0.717) is 34.7 Å². The van der Waals surface area contributed by atoms with Crippen LogP contribution >= 0.6 is 0 Å². The summed E-state index contributed by atoms with van der Waals surface area (Å²) in [5.74, 6) is 1.39. The second kappa shape index (κ2) is 8.23. The molecule has 1 aromatic heterocycles. The molecule has 0 spiro atoms. The number of carbonyl (C=O) groups is 1. The van der Waals surface area contributed by atoms with Gasteiger partial charge in [-0.1, -0.05) is 0 Å². The summed E-state index contributed by atoms with van der Waals surface area (Å²) in [4.78, 5) is 16.7. The summed E-state index contributed by atoms with van der Waals surface area (Å²) in [6.07, 6.45) is 1.67. The molecule has 0 aliphatic heterocycles. The zero-order valence-electron chi connectivity index (χ0n) is 15.0. The highest BCUT2D eigenvalue weighted by Gasteiger charge is 2.17. The molecular formula is C18H23N3O4. The first-order valence-electron chi connectivity index (χ1n) is 7.82. The zero-order chi connectivity index (χ0) is 18.4. The zero-order valence-corrected chi connectivity index (χ0v) is 15.0. The first kappa shape index (κ1) is 18.4. The van der Waals surface area contributed by atoms with Gasteiger partial charge in [0.1, 0.15) is 5.82 Å². The number of nitrogens with zero attached hydrogens (tertiary/aromatic N) is 1. The molecular weight excluding hydrogens is 322 g/mol. The quantitative estimate of drug-likeness (QED) is 0.802. The first-order valence-corrected chi connectivity index (χ1v) is 7.82. The van der Waals surface area contributed by atoms with E-state index in [9.17, 15) is 4.79 Å². The Balaban J connectivity index is 2.20. The Labute approximate surface area is 147 Å². The van der Waals surface area contributed by atoms with Crippen LogP contribution in [0.25, 0.3) is 0 Å². The van der Waals surface area contributed by atoms with Gasteiger partial charge in [0.2, 0.25) is 5.75 Å². The Morgan fingerprint density at radius 3 is 2.12 bits per heavy atom. The van der Waals surface area contributed by atoms with Crippen LogP contribution in [0.3, 0.4) is 0 Å². The highest BCUT2D eigenvalue weighted by atomic mass is 16.5. The fraction of sp³-hybridized carbons (Fsp3) is 0.333. The standard InChI is InChI=1S/C18H23N3O4/c1-11(2)20-13-6-7-16(19-10-13)21-18(22)12-8-14(23-3)17(25-5)15(9-12)24-4/h6-11,20H,1-5H3,(H,19,21,22). The number of methoxy groups -OCH3 is 3. The summed E-state index contributed by atoms with van der Waals surface area (Å²) in [6.45, 7) is 4.08. The van der Waals surface area contributed by atoms with Gasteiger partial charge in [-0.2, -0.15) is 0 Å². The van der Waals surface area contributed by atoms with Crippen molar-refractivity contribution >= 4 is 17.4 Å². The third kappa shape index (κ3) is 4.53. The Morgan fingerprint density at radius 2 is 1.68 bits per heavy atom. The van der Waals surface area contributed by atoms with E-state index in [-0.39, 0.29) is 5.91 Å². The van der Waals surface area contributed by atoms with E-state index >= 15 is 0 Å². The lowest BCUT2D eigenvalue weighted by Crippen LogP contribution is -2.14. The predicted molar refractivity (Wildman–Crippen MR) is 97.0 cm³/mol. The lowest BCUT2D eigenvalue weighted by Gasteiger charge is -2.14. The number of ether oxygens (including phenoxy) is 3. The van der Waals surface area contributed by atoms with Crippen LogP contribution in [-0.2, 0) is 0 Å². The fourth-order valence-electron chi connectivity index (χ4n) is 2.29. The highest BCUT2D eigenvalue weighted by molar-refractivity contribution is 6.04. The van der Waals surface area contributed by atoms with Gasteiger partial charge >= 0.3 is 0 Å². The summed E-state index contributed by atoms with van der Waals surface area (Å²) >= 11 is 0. The van der Waals surface area contributed by atoms with E-state index in [1.807, 2.05) is 19.9 Å². The van der Waals surface area contributed by atoms with Crippen LogP contribution in [0.4, 0.5) is 11.5 Å². The van der Waals surface area contributed by atoms with Crippen molar-refractivity contribution in [3.05, 3.63) is 36.0 Å². The molecule has 2 N–H and O–H groups in total. The second-order valence-electron chi connectivity index (χ2n) is 5.60. The van der Waals surface area contributed by atoms with Gasteiger partial charge in [-0.25, -0.2) is 4.98 Å². The fourth-order valence-corrected chi connectivity index (χ4v) is 2.29. The lowest BCUT2D eigenvalue weighted by atomic mass is 10.1. The van der Waals surface area contributed by atoms with Crippen molar-refractivity contribution in [2.45, 2.75) is 19.9 Å². The van der Waals surface area contributed by atoms with Gasteiger partial charge in [-0.15, -0.1) is 0 Å². The normalized spacial score (nSPS) is 10.3. The van der Waals surface area contributed by atoms with Crippen molar-refractivity contribution in [2.24, 2.45) is 0 Å². The molecule has 0 unspecified atom stereocenters. The van der Waals surface area contributed by atoms with Gasteiger partial charge in [0.15, 0.2) is 11.5 Å². The summed E-state index contributed by atoms with van der Waals surface area (Å²) in [5.41, 5.74) is 1.27. The molecule has 1 amide bonds. The number of carbonyl (C=O) groups excluding carboxylic acids is 1. The number of hydrogen-bond donors (Lipinski definition) is 2. The molecule has 2 rings (SSSR count). The van der Waals surface area contributed by atoms with Crippen LogP contribution < -0.4 is 24.8 Å². The third-order valence-corrected chi connectivity index (χ3v) is 3.39. The minimum atomic E-state index is -0.323. The minimum Gasteiger partial charge on any atom is -0.493 e. The topological polar surface area (TPSA) is 81.7 Å². The summed E-state index contributed by atoms with van der Waals surface area (Å²) in [7, 11) is 4.51. The monoisotopic (exact) mass is 345 g/mol. The van der Waals surface area contributed by atoms with Gasteiger partial charge in [-0.3, -0.25) is 4.79 Å². The first-order chi connectivity index (χ1) is 12.0. The van der Waals surface area contributed by atoms with E-state index in [4.69, 9.17) is 14.2 Å². The largest absolute Gasteiger partial charge is 0.493 e. The number of hydrogen-bond acceptors (Lipinski definition) is 6. The van der Waals surface area contributed by atoms with Crippen molar-refractivity contribution in [3.63, 3.8) is 0 Å². The van der Waals surface area contributed by atoms with Gasteiger partial charge < -0.3 is 24.8 Å². The second-order valence-corrected chi connectivity index (χ2v) is 5.60. The molecule has 7 nitrogen and oxygen atoms in total. The van der Waals surface area contributed by atoms with Crippen molar-refractivity contribution in [2.75, 3.05) is 32.0 Å². The highest BCUT2D eigenvalue weighted by Crippen LogP contribution is 2.38. The van der Waals surface area contributed by atoms with E-state index in [2.05, 4.69) is 15.6 Å². The number of rotatable bonds is 7. The third-order valence-electron chi connectivity index (χ3n) is 3.39. The van der Waals surface area contributed by atoms with Crippen LogP contribution in [0.1, 0.15) is 24.2 Å². The molecule has 1 aromatic carbocycles. The van der Waals surface area contributed by atoms with Crippen LogP contribution in [0.5, 0.6) is 17.2 Å². The Hall–Kier alpha value is -2.96. The van der Waals surface area contributed by atoms with Gasteiger partial charge in [-0.05, 0) is 38.1 Å². The summed E-state index contributed by atoms with van der Waals surface area (Å²) < 4.78 is 15.8.